The third kappa shape index (κ3) is 2.51. The number of nitrogens with zero attached hydrogens (tertiary/aromatic N) is 2. The van der Waals surface area contributed by atoms with Crippen LogP contribution in [-0.4, -0.2) is 47.4 Å². The Bertz CT molecular complexity index is 506. The first kappa shape index (κ1) is 13.7. The highest BCUT2D eigenvalue weighted by atomic mass is 32.1. The third-order valence-electron chi connectivity index (χ3n) is 5.03. The van der Waals surface area contributed by atoms with Crippen molar-refractivity contribution in [2.75, 3.05) is 26.2 Å². The van der Waals surface area contributed by atoms with E-state index in [1.165, 1.54) is 30.8 Å². The number of carbonyl (C=O) groups excluding carboxylic acids is 1. The lowest BCUT2D eigenvalue weighted by molar-refractivity contribution is -0.130. The summed E-state index contributed by atoms with van der Waals surface area (Å²) >= 11 is 1.75. The molecule has 3 fully saturated rings. The number of hydrogen-bond acceptors (Lipinski definition) is 4. The molecule has 4 rings (SSSR count). The number of thiophene rings is 1. The van der Waals surface area contributed by atoms with Crippen molar-refractivity contribution in [1.29, 1.82) is 0 Å². The molecule has 0 bridgehead atoms. The molecule has 1 amide bonds. The zero-order valence-electron chi connectivity index (χ0n) is 12.4. The lowest BCUT2D eigenvalue weighted by Gasteiger charge is -2.24. The van der Waals surface area contributed by atoms with Crippen molar-refractivity contribution in [2.45, 2.75) is 43.8 Å². The minimum atomic E-state index is -0.206. The molecule has 2 saturated heterocycles. The van der Waals surface area contributed by atoms with Gasteiger partial charge in [-0.15, -0.1) is 11.3 Å². The summed E-state index contributed by atoms with van der Waals surface area (Å²) in [6, 6.07) is 4.22. The van der Waals surface area contributed by atoms with E-state index < -0.39 is 0 Å². The second-order valence-corrected chi connectivity index (χ2v) is 7.52. The van der Waals surface area contributed by atoms with Gasteiger partial charge >= 0.3 is 0 Å². The smallest absolute Gasteiger partial charge is 0.244 e. The number of amides is 1. The Morgan fingerprint density at radius 2 is 2.10 bits per heavy atom. The monoisotopic (exact) mass is 305 g/mol. The van der Waals surface area contributed by atoms with E-state index in [4.69, 9.17) is 0 Å². The van der Waals surface area contributed by atoms with Gasteiger partial charge in [-0.05, 0) is 63.2 Å². The molecule has 1 N–H and O–H groups in total. The molecule has 1 atom stereocenters. The Morgan fingerprint density at radius 1 is 1.29 bits per heavy atom. The lowest BCUT2D eigenvalue weighted by Crippen LogP contribution is -2.34. The molecular formula is C16H23N3OS. The van der Waals surface area contributed by atoms with E-state index in [-0.39, 0.29) is 11.7 Å². The van der Waals surface area contributed by atoms with Crippen molar-refractivity contribution in [3.8, 4) is 0 Å². The van der Waals surface area contributed by atoms with Crippen LogP contribution in [0.3, 0.4) is 0 Å². The molecule has 1 spiro atoms. The predicted octanol–water partition coefficient (Wildman–Crippen LogP) is 2.20. The Kier molecular flexibility index (Phi) is 3.52. The largest absolute Gasteiger partial charge is 0.320 e. The summed E-state index contributed by atoms with van der Waals surface area (Å²) in [5.41, 5.74) is -0.206. The van der Waals surface area contributed by atoms with E-state index in [1.807, 2.05) is 0 Å². The molecule has 2 aliphatic heterocycles. The molecule has 1 aromatic rings. The van der Waals surface area contributed by atoms with Crippen LogP contribution in [0.25, 0.3) is 0 Å². The van der Waals surface area contributed by atoms with Gasteiger partial charge in [0.1, 0.15) is 11.7 Å². The first-order chi connectivity index (χ1) is 10.3. The van der Waals surface area contributed by atoms with E-state index in [1.54, 1.807) is 11.3 Å². The molecule has 5 heteroatoms. The van der Waals surface area contributed by atoms with Crippen LogP contribution in [0.1, 0.15) is 43.1 Å². The third-order valence-corrected chi connectivity index (χ3v) is 5.95. The minimum Gasteiger partial charge on any atom is -0.320 e. The number of hydrogen-bond donors (Lipinski definition) is 1. The Labute approximate surface area is 130 Å². The minimum absolute atomic E-state index is 0.110. The normalized spacial score (nSPS) is 27.9. The van der Waals surface area contributed by atoms with Crippen LogP contribution in [0.2, 0.25) is 0 Å². The second-order valence-electron chi connectivity index (χ2n) is 6.55. The van der Waals surface area contributed by atoms with Crippen LogP contribution >= 0.6 is 11.3 Å². The SMILES string of the molecule is O=C1N(CCCN2CCCC2)C(c2cccs2)NC12CC2. The zero-order valence-corrected chi connectivity index (χ0v) is 13.2. The molecule has 1 aromatic heterocycles. The van der Waals surface area contributed by atoms with Crippen molar-refractivity contribution in [3.63, 3.8) is 0 Å². The van der Waals surface area contributed by atoms with Crippen LogP contribution in [-0.2, 0) is 4.79 Å². The molecule has 114 valence electrons. The summed E-state index contributed by atoms with van der Waals surface area (Å²) in [7, 11) is 0. The van der Waals surface area contributed by atoms with Crippen LogP contribution in [0, 0.1) is 0 Å². The Balaban J connectivity index is 1.41. The highest BCUT2D eigenvalue weighted by Gasteiger charge is 2.59. The Hall–Kier alpha value is -0.910. The highest BCUT2D eigenvalue weighted by Crippen LogP contribution is 2.46. The molecule has 3 heterocycles. The first-order valence-corrected chi connectivity index (χ1v) is 9.01. The second kappa shape index (κ2) is 5.38. The van der Waals surface area contributed by atoms with E-state index in [0.717, 1.165) is 32.4 Å². The summed E-state index contributed by atoms with van der Waals surface area (Å²) in [5, 5.41) is 5.69. The van der Waals surface area contributed by atoms with Gasteiger partial charge in [0, 0.05) is 11.4 Å². The fraction of sp³-hybridized carbons (Fsp3) is 0.688. The van der Waals surface area contributed by atoms with Gasteiger partial charge in [0.25, 0.3) is 0 Å². The molecule has 4 nitrogen and oxygen atoms in total. The van der Waals surface area contributed by atoms with Gasteiger partial charge in [0.15, 0.2) is 0 Å². The fourth-order valence-electron chi connectivity index (χ4n) is 3.65. The molecule has 3 aliphatic rings. The van der Waals surface area contributed by atoms with Crippen molar-refractivity contribution < 1.29 is 4.79 Å². The average Bonchev–Trinajstić information content (AvgIpc) is 2.92. The highest BCUT2D eigenvalue weighted by molar-refractivity contribution is 7.10. The van der Waals surface area contributed by atoms with Gasteiger partial charge in [-0.2, -0.15) is 0 Å². The van der Waals surface area contributed by atoms with Crippen molar-refractivity contribution in [3.05, 3.63) is 22.4 Å². The summed E-state index contributed by atoms with van der Waals surface area (Å²) in [4.78, 5) is 18.6. The van der Waals surface area contributed by atoms with Crippen LogP contribution in [0.5, 0.6) is 0 Å². The van der Waals surface area contributed by atoms with Crippen LogP contribution < -0.4 is 5.32 Å². The number of nitrogens with one attached hydrogen (secondary N) is 1. The van der Waals surface area contributed by atoms with Gasteiger partial charge in [0.2, 0.25) is 5.91 Å². The van der Waals surface area contributed by atoms with E-state index >= 15 is 0 Å². The number of rotatable bonds is 5. The van der Waals surface area contributed by atoms with Gasteiger partial charge in [0.05, 0.1) is 0 Å². The standard InChI is InChI=1S/C16H23N3OS/c20-15-16(6-7-16)17-14(13-5-3-12-21-13)19(15)11-4-10-18-8-1-2-9-18/h3,5,12,14,17H,1-2,4,6-11H2. The number of carbonyl (C=O) groups is 1. The van der Waals surface area contributed by atoms with E-state index in [2.05, 4.69) is 32.6 Å². The fourth-order valence-corrected chi connectivity index (χ4v) is 4.44. The average molecular weight is 305 g/mol. The maximum absolute atomic E-state index is 12.7. The van der Waals surface area contributed by atoms with Crippen molar-refractivity contribution in [2.24, 2.45) is 0 Å². The van der Waals surface area contributed by atoms with E-state index in [9.17, 15) is 4.79 Å². The molecule has 0 aromatic carbocycles. The summed E-state index contributed by atoms with van der Waals surface area (Å²) in [6.45, 7) is 4.50. The van der Waals surface area contributed by atoms with Gasteiger partial charge in [-0.1, -0.05) is 6.07 Å². The zero-order chi connectivity index (χ0) is 14.3. The Morgan fingerprint density at radius 3 is 2.76 bits per heavy atom. The quantitative estimate of drug-likeness (QED) is 0.906. The van der Waals surface area contributed by atoms with Gasteiger partial charge < -0.3 is 9.80 Å². The molecule has 1 unspecified atom stereocenters. The summed E-state index contributed by atoms with van der Waals surface area (Å²) < 4.78 is 0. The van der Waals surface area contributed by atoms with Crippen LogP contribution in [0.4, 0.5) is 0 Å². The first-order valence-electron chi connectivity index (χ1n) is 8.13. The van der Waals surface area contributed by atoms with Crippen molar-refractivity contribution >= 4 is 17.2 Å². The maximum Gasteiger partial charge on any atom is 0.244 e. The molecule has 0 radical (unpaired) electrons. The molecule has 1 saturated carbocycles. The lowest BCUT2D eigenvalue weighted by atomic mass is 10.2. The van der Waals surface area contributed by atoms with Gasteiger partial charge in [-0.3, -0.25) is 10.1 Å². The molecule has 1 aliphatic carbocycles. The molecular weight excluding hydrogens is 282 g/mol. The van der Waals surface area contributed by atoms with Crippen LogP contribution in [0.15, 0.2) is 17.5 Å². The molecule has 21 heavy (non-hydrogen) atoms. The van der Waals surface area contributed by atoms with Crippen molar-refractivity contribution in [1.82, 2.24) is 15.1 Å². The summed E-state index contributed by atoms with van der Waals surface area (Å²) in [5.74, 6) is 0.335. The topological polar surface area (TPSA) is 35.6 Å². The maximum atomic E-state index is 12.7. The summed E-state index contributed by atoms with van der Waals surface area (Å²) in [6.07, 6.45) is 5.90. The number of likely N-dealkylation sites (tertiary alicyclic amines) is 1. The van der Waals surface area contributed by atoms with E-state index in [0.29, 0.717) is 5.91 Å². The van der Waals surface area contributed by atoms with Gasteiger partial charge in [-0.25, -0.2) is 0 Å². The predicted molar refractivity (Wildman–Crippen MR) is 84.2 cm³/mol.